The van der Waals surface area contributed by atoms with Crippen molar-refractivity contribution in [3.05, 3.63) is 94.5 Å². The van der Waals surface area contributed by atoms with Crippen molar-refractivity contribution in [3.8, 4) is 5.75 Å². The van der Waals surface area contributed by atoms with E-state index in [1.54, 1.807) is 36.4 Å². The zero-order chi connectivity index (χ0) is 21.8. The molecule has 7 heteroatoms. The number of nitrogens with one attached hydrogen (secondary N) is 1. The van der Waals surface area contributed by atoms with Gasteiger partial charge in [0.15, 0.2) is 0 Å². The van der Waals surface area contributed by atoms with Gasteiger partial charge in [-0.2, -0.15) is 0 Å². The van der Waals surface area contributed by atoms with E-state index in [9.17, 15) is 9.18 Å². The van der Waals surface area contributed by atoms with Crippen molar-refractivity contribution in [1.29, 1.82) is 0 Å². The van der Waals surface area contributed by atoms with Crippen LogP contribution >= 0.6 is 11.6 Å². The van der Waals surface area contributed by atoms with Crippen LogP contribution in [0.15, 0.2) is 66.7 Å². The predicted octanol–water partition coefficient (Wildman–Crippen LogP) is 4.92. The summed E-state index contributed by atoms with van der Waals surface area (Å²) in [5.74, 6) is 0.753. The van der Waals surface area contributed by atoms with Gasteiger partial charge in [-0.3, -0.25) is 4.79 Å². The minimum atomic E-state index is -0.300. The Morgan fingerprint density at radius 3 is 2.71 bits per heavy atom. The molecule has 31 heavy (non-hydrogen) atoms. The highest BCUT2D eigenvalue weighted by atomic mass is 35.5. The van der Waals surface area contributed by atoms with Gasteiger partial charge in [0.25, 0.3) is 5.91 Å². The highest BCUT2D eigenvalue weighted by Crippen LogP contribution is 2.20. The van der Waals surface area contributed by atoms with Gasteiger partial charge in [0.2, 0.25) is 0 Å². The van der Waals surface area contributed by atoms with Gasteiger partial charge in [0.05, 0.1) is 16.6 Å². The van der Waals surface area contributed by atoms with Crippen molar-refractivity contribution >= 4 is 28.5 Å². The molecule has 1 heterocycles. The average Bonchev–Trinajstić information content (AvgIpc) is 3.08. The molecule has 1 aromatic heterocycles. The first kappa shape index (κ1) is 20.9. The molecule has 0 bridgehead atoms. The molecule has 158 valence electrons. The summed E-state index contributed by atoms with van der Waals surface area (Å²) in [5.41, 5.74) is 2.87. The third-order valence-electron chi connectivity index (χ3n) is 5.01. The van der Waals surface area contributed by atoms with Crippen LogP contribution in [0.2, 0.25) is 5.02 Å². The van der Waals surface area contributed by atoms with Gasteiger partial charge < -0.3 is 14.6 Å². The van der Waals surface area contributed by atoms with Crippen LogP contribution in [-0.4, -0.2) is 22.0 Å². The van der Waals surface area contributed by atoms with Crippen LogP contribution in [-0.2, 0) is 20.1 Å². The predicted molar refractivity (Wildman–Crippen MR) is 119 cm³/mol. The number of para-hydroxylation sites is 1. The summed E-state index contributed by atoms with van der Waals surface area (Å²) in [6, 6.07) is 19.0. The molecule has 0 aliphatic carbocycles. The third-order valence-corrected chi connectivity index (χ3v) is 5.26. The molecule has 0 radical (unpaired) electrons. The van der Waals surface area contributed by atoms with Crippen molar-refractivity contribution in [2.45, 2.75) is 13.0 Å². The molecule has 0 atom stereocenters. The fourth-order valence-electron chi connectivity index (χ4n) is 3.34. The van der Waals surface area contributed by atoms with Crippen molar-refractivity contribution in [2.24, 2.45) is 7.05 Å². The van der Waals surface area contributed by atoms with Crippen LogP contribution in [0.3, 0.4) is 0 Å². The van der Waals surface area contributed by atoms with Gasteiger partial charge >= 0.3 is 0 Å². The summed E-state index contributed by atoms with van der Waals surface area (Å²) < 4.78 is 21.2. The molecule has 0 spiro atoms. The quantitative estimate of drug-likeness (QED) is 0.446. The van der Waals surface area contributed by atoms with E-state index >= 15 is 0 Å². The second kappa shape index (κ2) is 9.18. The number of rotatable bonds is 7. The molecule has 0 fully saturated rings. The van der Waals surface area contributed by atoms with Crippen LogP contribution < -0.4 is 10.1 Å². The lowest BCUT2D eigenvalue weighted by molar-refractivity contribution is 0.0949. The zero-order valence-corrected chi connectivity index (χ0v) is 17.7. The lowest BCUT2D eigenvalue weighted by Crippen LogP contribution is -2.26. The maximum Gasteiger partial charge on any atom is 0.255 e. The number of nitrogens with zero attached hydrogens (tertiary/aromatic N) is 2. The topological polar surface area (TPSA) is 56.2 Å². The van der Waals surface area contributed by atoms with Crippen molar-refractivity contribution in [2.75, 3.05) is 6.54 Å². The second-order valence-electron chi connectivity index (χ2n) is 7.14. The summed E-state index contributed by atoms with van der Waals surface area (Å²) in [4.78, 5) is 17.2. The summed E-state index contributed by atoms with van der Waals surface area (Å²) in [7, 11) is 1.84. The minimum absolute atomic E-state index is 0.225. The molecule has 0 saturated heterocycles. The lowest BCUT2D eigenvalue weighted by Gasteiger charge is -2.12. The fraction of sp³-hybridized carbons (Fsp3) is 0.167. The standard InChI is InChI=1S/C24H21ClFN3O2/c1-29-21-14-18(26)10-11-20(21)28-23(29)12-13-27-24(30)19-4-2-3-5-22(19)31-15-16-6-8-17(25)9-7-16/h2-11,14H,12-13,15H2,1H3,(H,27,30). The summed E-state index contributed by atoms with van der Waals surface area (Å²) in [6.45, 7) is 0.724. The molecule has 1 amide bonds. The van der Waals surface area contributed by atoms with Gasteiger partial charge in [0, 0.05) is 25.0 Å². The van der Waals surface area contributed by atoms with Crippen molar-refractivity contribution < 1.29 is 13.9 Å². The first-order valence-electron chi connectivity index (χ1n) is 9.86. The number of hydrogen-bond donors (Lipinski definition) is 1. The van der Waals surface area contributed by atoms with Gasteiger partial charge in [-0.25, -0.2) is 9.37 Å². The van der Waals surface area contributed by atoms with E-state index in [0.29, 0.717) is 35.9 Å². The molecular weight excluding hydrogens is 417 g/mol. The Labute approximate surface area is 184 Å². The number of hydrogen-bond acceptors (Lipinski definition) is 3. The zero-order valence-electron chi connectivity index (χ0n) is 16.9. The Balaban J connectivity index is 1.39. The van der Waals surface area contributed by atoms with E-state index in [1.165, 1.54) is 12.1 Å². The summed E-state index contributed by atoms with van der Waals surface area (Å²) in [5, 5.41) is 3.57. The highest BCUT2D eigenvalue weighted by molar-refractivity contribution is 6.30. The Morgan fingerprint density at radius 2 is 1.90 bits per heavy atom. The van der Waals surface area contributed by atoms with Crippen molar-refractivity contribution in [3.63, 3.8) is 0 Å². The third kappa shape index (κ3) is 4.86. The van der Waals surface area contributed by atoms with E-state index in [4.69, 9.17) is 16.3 Å². The van der Waals surface area contributed by atoms with E-state index in [2.05, 4.69) is 10.3 Å². The Bertz CT molecular complexity index is 1220. The molecule has 1 N–H and O–H groups in total. The highest BCUT2D eigenvalue weighted by Gasteiger charge is 2.13. The van der Waals surface area contributed by atoms with Crippen LogP contribution in [0.5, 0.6) is 5.75 Å². The Hall–Kier alpha value is -3.38. The SMILES string of the molecule is Cn1c(CCNC(=O)c2ccccc2OCc2ccc(Cl)cc2)nc2ccc(F)cc21. The summed E-state index contributed by atoms with van der Waals surface area (Å²) in [6.07, 6.45) is 0.520. The van der Waals surface area contributed by atoms with E-state index in [0.717, 1.165) is 22.4 Å². The average molecular weight is 438 g/mol. The molecule has 0 unspecified atom stereocenters. The number of fused-ring (bicyclic) bond motifs is 1. The van der Waals surface area contributed by atoms with Crippen LogP contribution in [0.25, 0.3) is 11.0 Å². The number of carbonyl (C=O) groups is 1. The van der Waals surface area contributed by atoms with Gasteiger partial charge in [-0.1, -0.05) is 35.9 Å². The molecular formula is C24H21ClFN3O2. The Kier molecular flexibility index (Phi) is 6.18. The van der Waals surface area contributed by atoms with Crippen LogP contribution in [0.4, 0.5) is 4.39 Å². The maximum atomic E-state index is 13.5. The minimum Gasteiger partial charge on any atom is -0.488 e. The van der Waals surface area contributed by atoms with Gasteiger partial charge in [0.1, 0.15) is 24.0 Å². The van der Waals surface area contributed by atoms with E-state index < -0.39 is 0 Å². The number of amides is 1. The molecule has 0 aliphatic heterocycles. The molecule has 5 nitrogen and oxygen atoms in total. The van der Waals surface area contributed by atoms with Crippen LogP contribution in [0, 0.1) is 5.82 Å². The summed E-state index contributed by atoms with van der Waals surface area (Å²) >= 11 is 5.91. The molecule has 4 rings (SSSR count). The number of benzene rings is 3. The number of halogens is 2. The number of aryl methyl sites for hydroxylation is 1. The van der Waals surface area contributed by atoms with E-state index in [-0.39, 0.29) is 11.7 Å². The van der Waals surface area contributed by atoms with Gasteiger partial charge in [-0.05, 0) is 48.0 Å². The first-order chi connectivity index (χ1) is 15.0. The number of imidazole rings is 1. The number of carbonyl (C=O) groups excluding carboxylic acids is 1. The Morgan fingerprint density at radius 1 is 1.13 bits per heavy atom. The monoisotopic (exact) mass is 437 g/mol. The molecule has 3 aromatic carbocycles. The molecule has 4 aromatic rings. The van der Waals surface area contributed by atoms with E-state index in [1.807, 2.05) is 29.8 Å². The smallest absolute Gasteiger partial charge is 0.255 e. The van der Waals surface area contributed by atoms with Crippen molar-refractivity contribution in [1.82, 2.24) is 14.9 Å². The van der Waals surface area contributed by atoms with Gasteiger partial charge in [-0.15, -0.1) is 0 Å². The fourth-order valence-corrected chi connectivity index (χ4v) is 3.47. The number of aromatic nitrogens is 2. The first-order valence-corrected chi connectivity index (χ1v) is 10.2. The number of ether oxygens (including phenoxy) is 1. The largest absolute Gasteiger partial charge is 0.488 e. The normalized spacial score (nSPS) is 10.9. The molecule has 0 saturated carbocycles. The second-order valence-corrected chi connectivity index (χ2v) is 7.57. The van der Waals surface area contributed by atoms with Crippen LogP contribution in [0.1, 0.15) is 21.7 Å². The lowest BCUT2D eigenvalue weighted by atomic mass is 10.2. The molecule has 0 aliphatic rings. The maximum absolute atomic E-state index is 13.5.